The average Bonchev–Trinajstić information content (AvgIpc) is 2.88. The predicted molar refractivity (Wildman–Crippen MR) is 97.2 cm³/mol. The van der Waals surface area contributed by atoms with Crippen LogP contribution in [0, 0.1) is 0 Å². The van der Waals surface area contributed by atoms with Gasteiger partial charge in [0.15, 0.2) is 0 Å². The van der Waals surface area contributed by atoms with Crippen molar-refractivity contribution in [2.24, 2.45) is 7.05 Å². The standard InChI is InChI=1S/C17H24N4O3S/c1-17(2,3)14-11-15(21(6)19-14)18-16(22)12-8-7-9-13(10-12)25(23,24)20(4)5/h7-11H,1-6H3,(H,18,22). The molecule has 0 fully saturated rings. The van der Waals surface area contributed by atoms with Crippen LogP contribution < -0.4 is 5.32 Å². The molecule has 1 N–H and O–H groups in total. The Morgan fingerprint density at radius 3 is 2.36 bits per heavy atom. The summed E-state index contributed by atoms with van der Waals surface area (Å²) in [6.45, 7) is 6.11. The van der Waals surface area contributed by atoms with Crippen molar-refractivity contribution in [1.82, 2.24) is 14.1 Å². The lowest BCUT2D eigenvalue weighted by Crippen LogP contribution is -2.23. The number of aromatic nitrogens is 2. The van der Waals surface area contributed by atoms with Gasteiger partial charge in [0, 0.05) is 38.2 Å². The normalized spacial score (nSPS) is 12.4. The molecule has 0 atom stereocenters. The molecule has 0 aliphatic heterocycles. The van der Waals surface area contributed by atoms with E-state index in [0.717, 1.165) is 10.00 Å². The number of sulfonamides is 1. The highest BCUT2D eigenvalue weighted by molar-refractivity contribution is 7.89. The fraction of sp³-hybridized carbons (Fsp3) is 0.412. The molecule has 2 aromatic rings. The number of benzene rings is 1. The number of aryl methyl sites for hydroxylation is 1. The summed E-state index contributed by atoms with van der Waals surface area (Å²) in [5, 5.41) is 7.19. The largest absolute Gasteiger partial charge is 0.307 e. The molecule has 0 saturated carbocycles. The minimum Gasteiger partial charge on any atom is -0.307 e. The molecule has 1 aromatic carbocycles. The third kappa shape index (κ3) is 4.08. The summed E-state index contributed by atoms with van der Waals surface area (Å²) in [5.41, 5.74) is 0.983. The number of hydrogen-bond acceptors (Lipinski definition) is 4. The first-order chi connectivity index (χ1) is 11.4. The molecule has 7 nitrogen and oxygen atoms in total. The Kier molecular flexibility index (Phi) is 5.06. The van der Waals surface area contributed by atoms with Gasteiger partial charge >= 0.3 is 0 Å². The number of nitrogens with one attached hydrogen (secondary N) is 1. The monoisotopic (exact) mass is 364 g/mol. The molecule has 0 aliphatic carbocycles. The summed E-state index contributed by atoms with van der Waals surface area (Å²) >= 11 is 0. The lowest BCUT2D eigenvalue weighted by Gasteiger charge is -2.13. The van der Waals surface area contributed by atoms with Crippen LogP contribution in [0.1, 0.15) is 36.8 Å². The first kappa shape index (κ1) is 19.1. The molecule has 1 amide bonds. The van der Waals surface area contributed by atoms with E-state index in [0.29, 0.717) is 5.82 Å². The second-order valence-corrected chi connectivity index (χ2v) is 9.21. The third-order valence-corrected chi connectivity index (χ3v) is 5.58. The minimum atomic E-state index is -3.59. The minimum absolute atomic E-state index is 0.0746. The Morgan fingerprint density at radius 1 is 1.20 bits per heavy atom. The molecule has 0 unspecified atom stereocenters. The fourth-order valence-electron chi connectivity index (χ4n) is 2.15. The van der Waals surface area contributed by atoms with Gasteiger partial charge in [-0.2, -0.15) is 5.10 Å². The molecular formula is C17H24N4O3S. The van der Waals surface area contributed by atoms with Crippen molar-refractivity contribution in [3.63, 3.8) is 0 Å². The van der Waals surface area contributed by atoms with E-state index in [9.17, 15) is 13.2 Å². The van der Waals surface area contributed by atoms with Crippen molar-refractivity contribution in [3.05, 3.63) is 41.6 Å². The van der Waals surface area contributed by atoms with Gasteiger partial charge in [-0.05, 0) is 18.2 Å². The van der Waals surface area contributed by atoms with Gasteiger partial charge in [0.1, 0.15) is 5.82 Å². The Labute approximate surface area is 148 Å². The fourth-order valence-corrected chi connectivity index (χ4v) is 3.10. The van der Waals surface area contributed by atoms with Gasteiger partial charge in [0.25, 0.3) is 5.91 Å². The molecule has 0 aliphatic rings. The van der Waals surface area contributed by atoms with E-state index in [-0.39, 0.29) is 21.8 Å². The van der Waals surface area contributed by atoms with E-state index in [4.69, 9.17) is 0 Å². The Balaban J connectivity index is 2.30. The molecule has 136 valence electrons. The van der Waals surface area contributed by atoms with Crippen molar-refractivity contribution in [1.29, 1.82) is 0 Å². The van der Waals surface area contributed by atoms with E-state index in [1.165, 1.54) is 26.2 Å². The van der Waals surface area contributed by atoms with E-state index >= 15 is 0 Å². The Morgan fingerprint density at radius 2 is 1.84 bits per heavy atom. The van der Waals surface area contributed by atoms with E-state index in [1.807, 2.05) is 26.8 Å². The maximum absolute atomic E-state index is 12.5. The van der Waals surface area contributed by atoms with Crippen LogP contribution in [0.15, 0.2) is 35.2 Å². The summed E-state index contributed by atoms with van der Waals surface area (Å²) in [4.78, 5) is 12.6. The van der Waals surface area contributed by atoms with Crippen LogP contribution >= 0.6 is 0 Å². The molecule has 0 saturated heterocycles. The summed E-state index contributed by atoms with van der Waals surface area (Å²) in [6, 6.07) is 7.78. The second kappa shape index (κ2) is 6.61. The molecule has 25 heavy (non-hydrogen) atoms. The number of amides is 1. The van der Waals surface area contributed by atoms with E-state index < -0.39 is 10.0 Å². The lowest BCUT2D eigenvalue weighted by atomic mass is 9.92. The Bertz CT molecular complexity index is 893. The summed E-state index contributed by atoms with van der Waals surface area (Å²) in [5.74, 6) is 0.162. The zero-order valence-corrected chi connectivity index (χ0v) is 16.2. The van der Waals surface area contributed by atoms with Crippen LogP contribution in [0.4, 0.5) is 5.82 Å². The topological polar surface area (TPSA) is 84.3 Å². The zero-order chi connectivity index (χ0) is 19.0. The molecule has 1 heterocycles. The van der Waals surface area contributed by atoms with Gasteiger partial charge in [0.05, 0.1) is 10.6 Å². The first-order valence-electron chi connectivity index (χ1n) is 7.81. The number of rotatable bonds is 4. The molecule has 0 radical (unpaired) electrons. The molecule has 0 spiro atoms. The first-order valence-corrected chi connectivity index (χ1v) is 9.25. The van der Waals surface area contributed by atoms with Crippen molar-refractivity contribution >= 4 is 21.7 Å². The number of carbonyl (C=O) groups is 1. The van der Waals surface area contributed by atoms with Gasteiger partial charge in [0.2, 0.25) is 10.0 Å². The summed E-state index contributed by atoms with van der Waals surface area (Å²) in [7, 11) is 1.05. The van der Waals surface area contributed by atoms with E-state index in [1.54, 1.807) is 23.9 Å². The molecule has 2 rings (SSSR count). The second-order valence-electron chi connectivity index (χ2n) is 7.06. The van der Waals surface area contributed by atoms with Crippen molar-refractivity contribution < 1.29 is 13.2 Å². The predicted octanol–water partition coefficient (Wildman–Crippen LogP) is 2.22. The molecule has 0 bridgehead atoms. The van der Waals surface area contributed by atoms with Gasteiger partial charge < -0.3 is 5.32 Å². The van der Waals surface area contributed by atoms with Crippen LogP contribution in [-0.2, 0) is 22.5 Å². The molecular weight excluding hydrogens is 340 g/mol. The zero-order valence-electron chi connectivity index (χ0n) is 15.4. The van der Waals surface area contributed by atoms with Crippen molar-refractivity contribution in [2.45, 2.75) is 31.1 Å². The van der Waals surface area contributed by atoms with Gasteiger partial charge in [-0.3, -0.25) is 9.48 Å². The number of nitrogens with zero attached hydrogens (tertiary/aromatic N) is 3. The van der Waals surface area contributed by atoms with Crippen LogP contribution in [0.25, 0.3) is 0 Å². The van der Waals surface area contributed by atoms with Crippen LogP contribution in [-0.4, -0.2) is 42.5 Å². The van der Waals surface area contributed by atoms with Gasteiger partial charge in [-0.15, -0.1) is 0 Å². The van der Waals surface area contributed by atoms with E-state index in [2.05, 4.69) is 10.4 Å². The highest BCUT2D eigenvalue weighted by atomic mass is 32.2. The average molecular weight is 364 g/mol. The SMILES string of the molecule is CN(C)S(=O)(=O)c1cccc(C(=O)Nc2cc(C(C)(C)C)nn2C)c1. The van der Waals surface area contributed by atoms with Crippen molar-refractivity contribution in [3.8, 4) is 0 Å². The smallest absolute Gasteiger partial charge is 0.256 e. The molecule has 1 aromatic heterocycles. The number of carbonyl (C=O) groups excluding carboxylic acids is 1. The van der Waals surface area contributed by atoms with Crippen LogP contribution in [0.5, 0.6) is 0 Å². The van der Waals surface area contributed by atoms with Gasteiger partial charge in [-0.25, -0.2) is 12.7 Å². The third-order valence-electron chi connectivity index (χ3n) is 3.76. The summed E-state index contributed by atoms with van der Waals surface area (Å²) < 4.78 is 27.1. The Hall–Kier alpha value is -2.19. The number of hydrogen-bond donors (Lipinski definition) is 1. The number of anilines is 1. The van der Waals surface area contributed by atoms with Gasteiger partial charge in [-0.1, -0.05) is 26.8 Å². The summed E-state index contributed by atoms with van der Waals surface area (Å²) in [6.07, 6.45) is 0. The van der Waals surface area contributed by atoms with Crippen LogP contribution in [0.2, 0.25) is 0 Å². The molecule has 8 heteroatoms. The maximum Gasteiger partial charge on any atom is 0.256 e. The maximum atomic E-state index is 12.5. The van der Waals surface area contributed by atoms with Crippen molar-refractivity contribution in [2.75, 3.05) is 19.4 Å². The highest BCUT2D eigenvalue weighted by Crippen LogP contribution is 2.24. The quantitative estimate of drug-likeness (QED) is 0.901. The van der Waals surface area contributed by atoms with Crippen LogP contribution in [0.3, 0.4) is 0 Å². The highest BCUT2D eigenvalue weighted by Gasteiger charge is 2.21. The lowest BCUT2D eigenvalue weighted by molar-refractivity contribution is 0.102.